The van der Waals surface area contributed by atoms with Gasteiger partial charge in [0.1, 0.15) is 18.1 Å². The summed E-state index contributed by atoms with van der Waals surface area (Å²) in [5, 5.41) is 0. The lowest BCUT2D eigenvalue weighted by Crippen LogP contribution is -2.56. The standard InChI is InChI=1S/C28H28O5/c1-18(13-19(2)24(20-9-5-3-6-10-20)21-11-7-4-8-12-21)16-31-17-23(29)32-25-22-14-28(15-22)26(25)33-27(28)30/h3-13,22,24-26H,2,14-17H2,1H3/b18-13-/t22?,25?,26-,28?/m0/s1. The van der Waals surface area contributed by atoms with Crippen LogP contribution in [0.15, 0.2) is 84.5 Å². The summed E-state index contributed by atoms with van der Waals surface area (Å²) in [6.07, 6.45) is 3.02. The molecule has 3 saturated carbocycles. The average Bonchev–Trinajstić information content (AvgIpc) is 3.15. The van der Waals surface area contributed by atoms with E-state index in [9.17, 15) is 9.59 Å². The molecule has 2 bridgehead atoms. The van der Waals surface area contributed by atoms with E-state index >= 15 is 0 Å². The van der Waals surface area contributed by atoms with Gasteiger partial charge in [0.25, 0.3) is 0 Å². The molecule has 5 nitrogen and oxygen atoms in total. The Labute approximate surface area is 194 Å². The summed E-state index contributed by atoms with van der Waals surface area (Å²) in [5.41, 5.74) is 3.92. The minimum absolute atomic E-state index is 0.0404. The molecule has 0 amide bonds. The molecular formula is C28H28O5. The number of hydrogen-bond acceptors (Lipinski definition) is 5. The fourth-order valence-corrected chi connectivity index (χ4v) is 5.53. The lowest BCUT2D eigenvalue weighted by atomic mass is 9.67. The molecule has 33 heavy (non-hydrogen) atoms. The number of benzene rings is 2. The van der Waals surface area contributed by atoms with E-state index in [4.69, 9.17) is 14.2 Å². The number of esters is 2. The lowest BCUT2D eigenvalue weighted by molar-refractivity contribution is -0.212. The average molecular weight is 445 g/mol. The zero-order valence-corrected chi connectivity index (χ0v) is 18.7. The van der Waals surface area contributed by atoms with E-state index in [0.29, 0.717) is 6.61 Å². The van der Waals surface area contributed by atoms with Crippen molar-refractivity contribution in [2.24, 2.45) is 11.3 Å². The van der Waals surface area contributed by atoms with Gasteiger partial charge in [0, 0.05) is 11.8 Å². The molecular weight excluding hydrogens is 416 g/mol. The third-order valence-electron chi connectivity index (χ3n) is 7.09. The first-order chi connectivity index (χ1) is 16.0. The van der Waals surface area contributed by atoms with Gasteiger partial charge in [-0.2, -0.15) is 0 Å². The van der Waals surface area contributed by atoms with Crippen LogP contribution in [0.4, 0.5) is 0 Å². The first kappa shape index (κ1) is 21.7. The Morgan fingerprint density at radius 3 is 2.24 bits per heavy atom. The van der Waals surface area contributed by atoms with Crippen LogP contribution < -0.4 is 0 Å². The molecule has 6 rings (SSSR count). The van der Waals surface area contributed by atoms with E-state index in [2.05, 4.69) is 30.8 Å². The molecule has 1 saturated heterocycles. The Morgan fingerprint density at radius 2 is 1.70 bits per heavy atom. The van der Waals surface area contributed by atoms with Gasteiger partial charge in [-0.15, -0.1) is 0 Å². The molecule has 2 aromatic carbocycles. The van der Waals surface area contributed by atoms with Crippen molar-refractivity contribution in [3.05, 3.63) is 95.6 Å². The number of allylic oxidation sites excluding steroid dienone is 2. The summed E-state index contributed by atoms with van der Waals surface area (Å²) in [5.74, 6) is -0.269. The Hall–Kier alpha value is -3.18. The fourth-order valence-electron chi connectivity index (χ4n) is 5.53. The van der Waals surface area contributed by atoms with Crippen molar-refractivity contribution in [1.29, 1.82) is 0 Å². The summed E-state index contributed by atoms with van der Waals surface area (Å²) in [6, 6.07) is 20.6. The molecule has 0 aromatic heterocycles. The van der Waals surface area contributed by atoms with Crippen LogP contribution in [-0.4, -0.2) is 37.4 Å². The Morgan fingerprint density at radius 1 is 1.09 bits per heavy atom. The molecule has 4 aliphatic rings. The third kappa shape index (κ3) is 3.91. The van der Waals surface area contributed by atoms with Crippen LogP contribution in [-0.2, 0) is 23.8 Å². The third-order valence-corrected chi connectivity index (χ3v) is 7.09. The second kappa shape index (κ2) is 8.64. The van der Waals surface area contributed by atoms with E-state index < -0.39 is 5.97 Å². The monoisotopic (exact) mass is 444 g/mol. The van der Waals surface area contributed by atoms with Gasteiger partial charge < -0.3 is 14.2 Å². The van der Waals surface area contributed by atoms with Crippen molar-refractivity contribution in [3.8, 4) is 0 Å². The van der Waals surface area contributed by atoms with E-state index in [1.54, 1.807) is 0 Å². The molecule has 0 radical (unpaired) electrons. The Balaban J connectivity index is 1.15. The van der Waals surface area contributed by atoms with Gasteiger partial charge in [0.05, 0.1) is 6.61 Å². The second-order valence-electron chi connectivity index (χ2n) is 9.42. The van der Waals surface area contributed by atoms with Crippen molar-refractivity contribution >= 4 is 11.9 Å². The van der Waals surface area contributed by atoms with Crippen LogP contribution in [0, 0.1) is 11.3 Å². The maximum atomic E-state index is 12.3. The number of hydrogen-bond donors (Lipinski definition) is 0. The molecule has 170 valence electrons. The molecule has 1 aliphatic heterocycles. The largest absolute Gasteiger partial charge is 0.457 e. The van der Waals surface area contributed by atoms with E-state index in [0.717, 1.165) is 24.0 Å². The first-order valence-electron chi connectivity index (χ1n) is 11.4. The zero-order chi connectivity index (χ0) is 23.0. The van der Waals surface area contributed by atoms with Crippen LogP contribution in [0.3, 0.4) is 0 Å². The summed E-state index contributed by atoms with van der Waals surface area (Å²) in [4.78, 5) is 23.9. The van der Waals surface area contributed by atoms with Gasteiger partial charge in [0.15, 0.2) is 6.10 Å². The molecule has 2 aromatic rings. The van der Waals surface area contributed by atoms with Gasteiger partial charge in [-0.3, -0.25) is 4.79 Å². The SMILES string of the molecule is C=C(/C=C(/C)COCC(=O)OC1C2CC3(C2)C(=O)O[C@@H]13)C(c1ccccc1)c1ccccc1. The van der Waals surface area contributed by atoms with Crippen molar-refractivity contribution in [2.75, 3.05) is 13.2 Å². The predicted molar refractivity (Wildman–Crippen MR) is 123 cm³/mol. The summed E-state index contributed by atoms with van der Waals surface area (Å²) >= 11 is 0. The summed E-state index contributed by atoms with van der Waals surface area (Å²) < 4.78 is 16.4. The Bertz CT molecular complexity index is 1040. The number of rotatable bonds is 9. The van der Waals surface area contributed by atoms with E-state index in [-0.39, 0.29) is 42.0 Å². The van der Waals surface area contributed by atoms with Crippen LogP contribution in [0.25, 0.3) is 0 Å². The highest BCUT2D eigenvalue weighted by molar-refractivity contribution is 5.86. The highest BCUT2D eigenvalue weighted by atomic mass is 16.6. The minimum Gasteiger partial charge on any atom is -0.457 e. The number of ether oxygens (including phenoxy) is 3. The van der Waals surface area contributed by atoms with Gasteiger partial charge in [-0.25, -0.2) is 4.79 Å². The maximum Gasteiger partial charge on any atom is 0.332 e. The quantitative estimate of drug-likeness (QED) is 0.418. The van der Waals surface area contributed by atoms with Crippen LogP contribution >= 0.6 is 0 Å². The van der Waals surface area contributed by atoms with Crippen molar-refractivity contribution in [3.63, 3.8) is 0 Å². The fraction of sp³-hybridized carbons (Fsp3) is 0.357. The zero-order valence-electron chi connectivity index (χ0n) is 18.7. The first-order valence-corrected chi connectivity index (χ1v) is 11.4. The van der Waals surface area contributed by atoms with Crippen molar-refractivity contribution in [1.82, 2.24) is 0 Å². The van der Waals surface area contributed by atoms with E-state index in [1.807, 2.05) is 49.4 Å². The molecule has 1 heterocycles. The Kier molecular flexibility index (Phi) is 5.67. The van der Waals surface area contributed by atoms with Gasteiger partial charge in [0.2, 0.25) is 0 Å². The van der Waals surface area contributed by atoms with E-state index in [1.165, 1.54) is 11.1 Å². The normalized spacial score (nSPS) is 27.3. The van der Waals surface area contributed by atoms with Crippen molar-refractivity contribution < 1.29 is 23.8 Å². The lowest BCUT2D eigenvalue weighted by Gasteiger charge is -2.44. The predicted octanol–water partition coefficient (Wildman–Crippen LogP) is 4.58. The molecule has 2 atom stereocenters. The molecule has 5 heteroatoms. The van der Waals surface area contributed by atoms with Crippen LogP contribution in [0.5, 0.6) is 0 Å². The van der Waals surface area contributed by atoms with Gasteiger partial charge in [-0.05, 0) is 42.0 Å². The van der Waals surface area contributed by atoms with Crippen LogP contribution in [0.1, 0.15) is 36.8 Å². The molecule has 0 N–H and O–H groups in total. The molecule has 1 spiro atoms. The van der Waals surface area contributed by atoms with Gasteiger partial charge >= 0.3 is 11.9 Å². The maximum absolute atomic E-state index is 12.3. The highest BCUT2D eigenvalue weighted by Gasteiger charge is 2.77. The number of carbonyl (C=O) groups is 2. The molecule has 3 aliphatic carbocycles. The second-order valence-corrected chi connectivity index (χ2v) is 9.42. The summed E-state index contributed by atoms with van der Waals surface area (Å²) in [6.45, 7) is 6.48. The summed E-state index contributed by atoms with van der Waals surface area (Å²) in [7, 11) is 0. The highest BCUT2D eigenvalue weighted by Crippen LogP contribution is 2.66. The topological polar surface area (TPSA) is 61.8 Å². The smallest absolute Gasteiger partial charge is 0.332 e. The van der Waals surface area contributed by atoms with Crippen molar-refractivity contribution in [2.45, 2.75) is 37.9 Å². The minimum atomic E-state index is -0.413. The van der Waals surface area contributed by atoms with Gasteiger partial charge in [-0.1, -0.05) is 73.3 Å². The number of carbonyl (C=O) groups excluding carboxylic acids is 2. The van der Waals surface area contributed by atoms with Crippen LogP contribution in [0.2, 0.25) is 0 Å². The molecule has 1 unspecified atom stereocenters. The molecule has 4 fully saturated rings.